The summed E-state index contributed by atoms with van der Waals surface area (Å²) in [6.45, 7) is 1.96. The first-order valence-corrected chi connectivity index (χ1v) is 7.49. The van der Waals surface area contributed by atoms with E-state index in [0.717, 1.165) is 11.3 Å². The van der Waals surface area contributed by atoms with Gasteiger partial charge in [0, 0.05) is 17.8 Å². The summed E-state index contributed by atoms with van der Waals surface area (Å²) < 4.78 is 0. The summed E-state index contributed by atoms with van der Waals surface area (Å²) in [5.74, 6) is -0.0818. The Balaban J connectivity index is 1.86. The van der Waals surface area contributed by atoms with Gasteiger partial charge in [-0.25, -0.2) is 0 Å². The molecule has 120 valence electrons. The molecule has 0 saturated carbocycles. The van der Waals surface area contributed by atoms with Gasteiger partial charge < -0.3 is 15.5 Å². The van der Waals surface area contributed by atoms with Crippen molar-refractivity contribution in [3.05, 3.63) is 72.3 Å². The van der Waals surface area contributed by atoms with Crippen molar-refractivity contribution in [1.82, 2.24) is 0 Å². The minimum Gasteiger partial charge on any atom is -0.506 e. The van der Waals surface area contributed by atoms with E-state index in [0.29, 0.717) is 11.4 Å². The Morgan fingerprint density at radius 3 is 2.21 bits per heavy atom. The molecular formula is C19H17N3O2. The average molecular weight is 319 g/mol. The molecule has 5 heteroatoms. The highest BCUT2D eigenvalue weighted by Gasteiger charge is 2.09. The van der Waals surface area contributed by atoms with Gasteiger partial charge >= 0.3 is 0 Å². The third-order valence-corrected chi connectivity index (χ3v) is 3.54. The van der Waals surface area contributed by atoms with Crippen molar-refractivity contribution < 1.29 is 10.2 Å². The maximum atomic E-state index is 10.2. The van der Waals surface area contributed by atoms with Gasteiger partial charge in [0.05, 0.1) is 11.4 Å². The van der Waals surface area contributed by atoms with Crippen LogP contribution in [0.2, 0.25) is 0 Å². The van der Waals surface area contributed by atoms with Crippen molar-refractivity contribution >= 4 is 22.7 Å². The number of para-hydroxylation sites is 1. The van der Waals surface area contributed by atoms with E-state index in [9.17, 15) is 10.2 Å². The van der Waals surface area contributed by atoms with E-state index in [1.54, 1.807) is 12.1 Å². The van der Waals surface area contributed by atoms with Gasteiger partial charge in [-0.15, -0.1) is 5.11 Å². The number of hydrogen-bond acceptors (Lipinski definition) is 5. The summed E-state index contributed by atoms with van der Waals surface area (Å²) in [6, 6.07) is 19.7. The van der Waals surface area contributed by atoms with Crippen LogP contribution in [0.3, 0.4) is 0 Å². The molecule has 0 aromatic heterocycles. The molecule has 3 aromatic carbocycles. The molecule has 0 aliphatic carbocycles. The molecule has 0 aliphatic heterocycles. The number of rotatable bonds is 4. The number of benzene rings is 3. The second-order valence-corrected chi connectivity index (χ2v) is 5.33. The van der Waals surface area contributed by atoms with Crippen molar-refractivity contribution in [3.8, 4) is 11.5 Å². The van der Waals surface area contributed by atoms with Crippen molar-refractivity contribution in [3.63, 3.8) is 0 Å². The SMILES string of the molecule is Cc1ccccc1Nc1cc(O)c(N=Nc2ccccc2)cc1O. The molecular weight excluding hydrogens is 302 g/mol. The Kier molecular flexibility index (Phi) is 4.43. The van der Waals surface area contributed by atoms with E-state index in [2.05, 4.69) is 15.5 Å². The quantitative estimate of drug-likeness (QED) is 0.334. The van der Waals surface area contributed by atoms with Crippen LogP contribution in [0.15, 0.2) is 77.0 Å². The standard InChI is InChI=1S/C19H17N3O2/c1-13-7-5-6-10-15(13)20-16-11-19(24)17(12-18(16)23)22-21-14-8-3-2-4-9-14/h2-12,20,23-24H,1H3. The molecule has 0 bridgehead atoms. The number of phenols is 2. The zero-order chi connectivity index (χ0) is 16.9. The second-order valence-electron chi connectivity index (χ2n) is 5.33. The Morgan fingerprint density at radius 2 is 1.46 bits per heavy atom. The fraction of sp³-hybridized carbons (Fsp3) is 0.0526. The largest absolute Gasteiger partial charge is 0.506 e. The van der Waals surface area contributed by atoms with Crippen molar-refractivity contribution in [1.29, 1.82) is 0 Å². The Bertz CT molecular complexity index is 877. The summed E-state index contributed by atoms with van der Waals surface area (Å²) in [4.78, 5) is 0. The van der Waals surface area contributed by atoms with Gasteiger partial charge in [0.2, 0.25) is 0 Å². The highest BCUT2D eigenvalue weighted by molar-refractivity contribution is 5.73. The zero-order valence-electron chi connectivity index (χ0n) is 13.1. The number of aryl methyl sites for hydroxylation is 1. The fourth-order valence-electron chi connectivity index (χ4n) is 2.21. The van der Waals surface area contributed by atoms with Gasteiger partial charge in [-0.1, -0.05) is 36.4 Å². The number of nitrogens with one attached hydrogen (secondary N) is 1. The summed E-state index contributed by atoms with van der Waals surface area (Å²) in [5.41, 5.74) is 3.15. The summed E-state index contributed by atoms with van der Waals surface area (Å²) >= 11 is 0. The first kappa shape index (κ1) is 15.6. The molecule has 0 unspecified atom stereocenters. The van der Waals surface area contributed by atoms with Gasteiger partial charge in [0.25, 0.3) is 0 Å². The van der Waals surface area contributed by atoms with Crippen LogP contribution in [0.25, 0.3) is 0 Å². The molecule has 0 spiro atoms. The normalized spacial score (nSPS) is 10.9. The molecule has 0 fully saturated rings. The molecule has 24 heavy (non-hydrogen) atoms. The topological polar surface area (TPSA) is 77.2 Å². The molecule has 0 aliphatic rings. The van der Waals surface area contributed by atoms with E-state index in [-0.39, 0.29) is 17.2 Å². The van der Waals surface area contributed by atoms with Gasteiger partial charge in [-0.2, -0.15) is 5.11 Å². The number of nitrogens with zero attached hydrogens (tertiary/aromatic N) is 2. The smallest absolute Gasteiger partial charge is 0.145 e. The highest BCUT2D eigenvalue weighted by Crippen LogP contribution is 2.39. The van der Waals surface area contributed by atoms with Crippen molar-refractivity contribution in [2.24, 2.45) is 10.2 Å². The fourth-order valence-corrected chi connectivity index (χ4v) is 2.21. The van der Waals surface area contributed by atoms with Crippen LogP contribution in [0.1, 0.15) is 5.56 Å². The summed E-state index contributed by atoms with van der Waals surface area (Å²) in [7, 11) is 0. The first-order chi connectivity index (χ1) is 11.6. The predicted octanol–water partition coefficient (Wildman–Crippen LogP) is 5.57. The lowest BCUT2D eigenvalue weighted by atomic mass is 10.2. The van der Waals surface area contributed by atoms with Gasteiger partial charge in [0.15, 0.2) is 0 Å². The van der Waals surface area contributed by atoms with E-state index in [4.69, 9.17) is 0 Å². The number of azo groups is 1. The zero-order valence-corrected chi connectivity index (χ0v) is 13.1. The minimum atomic E-state index is -0.0661. The Labute approximate surface area is 139 Å². The molecule has 3 rings (SSSR count). The van der Waals surface area contributed by atoms with E-state index in [1.165, 1.54) is 12.1 Å². The van der Waals surface area contributed by atoms with Crippen LogP contribution >= 0.6 is 0 Å². The van der Waals surface area contributed by atoms with Crippen LogP contribution in [-0.2, 0) is 0 Å². The van der Waals surface area contributed by atoms with Gasteiger partial charge in [-0.3, -0.25) is 0 Å². The average Bonchev–Trinajstić information content (AvgIpc) is 2.59. The van der Waals surface area contributed by atoms with Crippen molar-refractivity contribution in [2.75, 3.05) is 5.32 Å². The monoisotopic (exact) mass is 319 g/mol. The van der Waals surface area contributed by atoms with Crippen LogP contribution in [0, 0.1) is 6.92 Å². The Morgan fingerprint density at radius 1 is 0.750 bits per heavy atom. The van der Waals surface area contributed by atoms with Crippen LogP contribution < -0.4 is 5.32 Å². The van der Waals surface area contributed by atoms with Crippen LogP contribution in [-0.4, -0.2) is 10.2 Å². The second kappa shape index (κ2) is 6.83. The molecule has 0 saturated heterocycles. The highest BCUT2D eigenvalue weighted by atomic mass is 16.3. The maximum Gasteiger partial charge on any atom is 0.145 e. The lowest BCUT2D eigenvalue weighted by Crippen LogP contribution is -1.93. The van der Waals surface area contributed by atoms with Crippen LogP contribution in [0.4, 0.5) is 22.7 Å². The molecule has 5 nitrogen and oxygen atoms in total. The van der Waals surface area contributed by atoms with Gasteiger partial charge in [-0.05, 0) is 30.7 Å². The number of phenolic OH excluding ortho intramolecular Hbond substituents is 2. The van der Waals surface area contributed by atoms with E-state index in [1.807, 2.05) is 49.4 Å². The number of anilines is 2. The lowest BCUT2D eigenvalue weighted by Gasteiger charge is -2.12. The molecule has 3 N–H and O–H groups in total. The summed E-state index contributed by atoms with van der Waals surface area (Å²) in [5, 5.41) is 31.5. The Hall–Kier alpha value is -3.34. The number of hydrogen-bond donors (Lipinski definition) is 3. The molecule has 0 heterocycles. The first-order valence-electron chi connectivity index (χ1n) is 7.49. The minimum absolute atomic E-state index is 0.0157. The maximum absolute atomic E-state index is 10.2. The van der Waals surface area contributed by atoms with Crippen molar-refractivity contribution in [2.45, 2.75) is 6.92 Å². The molecule has 0 atom stereocenters. The third-order valence-electron chi connectivity index (χ3n) is 3.54. The number of aromatic hydroxyl groups is 2. The molecule has 0 radical (unpaired) electrons. The predicted molar refractivity (Wildman–Crippen MR) is 94.9 cm³/mol. The van der Waals surface area contributed by atoms with Crippen LogP contribution in [0.5, 0.6) is 11.5 Å². The van der Waals surface area contributed by atoms with E-state index >= 15 is 0 Å². The molecule has 0 amide bonds. The van der Waals surface area contributed by atoms with Gasteiger partial charge in [0.1, 0.15) is 17.2 Å². The summed E-state index contributed by atoms with van der Waals surface area (Å²) in [6.07, 6.45) is 0. The molecule has 3 aromatic rings. The lowest BCUT2D eigenvalue weighted by molar-refractivity contribution is 0.463. The van der Waals surface area contributed by atoms with E-state index < -0.39 is 0 Å². The third kappa shape index (κ3) is 3.52.